The van der Waals surface area contributed by atoms with E-state index in [0.717, 1.165) is 6.42 Å². The molecule has 1 rings (SSSR count). The summed E-state index contributed by atoms with van der Waals surface area (Å²) in [4.78, 5) is 12.5. The summed E-state index contributed by atoms with van der Waals surface area (Å²) in [6, 6.07) is -0.172. The van der Waals surface area contributed by atoms with Crippen LogP contribution in [0.1, 0.15) is 41.0 Å². The van der Waals surface area contributed by atoms with Gasteiger partial charge >= 0.3 is 0 Å². The molecule has 0 heterocycles. The minimum absolute atomic E-state index is 0.0587. The van der Waals surface area contributed by atoms with E-state index >= 15 is 0 Å². The van der Waals surface area contributed by atoms with E-state index in [4.69, 9.17) is 18.0 Å². The van der Waals surface area contributed by atoms with Crippen molar-refractivity contribution in [3.05, 3.63) is 0 Å². The zero-order valence-electron chi connectivity index (χ0n) is 10.8. The molecule has 1 aliphatic rings. The van der Waals surface area contributed by atoms with Crippen molar-refractivity contribution < 1.29 is 4.79 Å². The van der Waals surface area contributed by atoms with Crippen LogP contribution in [0, 0.1) is 16.7 Å². The van der Waals surface area contributed by atoms with Crippen molar-refractivity contribution in [3.8, 4) is 0 Å². The Kier molecular flexibility index (Phi) is 3.34. The molecule has 0 radical (unpaired) electrons. The van der Waals surface area contributed by atoms with Gasteiger partial charge in [0.1, 0.15) is 0 Å². The summed E-state index contributed by atoms with van der Waals surface area (Å²) in [6.45, 7) is 10.5. The van der Waals surface area contributed by atoms with Crippen molar-refractivity contribution in [2.24, 2.45) is 22.5 Å². The maximum absolute atomic E-state index is 12.1. The van der Waals surface area contributed by atoms with Crippen LogP contribution in [0.3, 0.4) is 0 Å². The van der Waals surface area contributed by atoms with E-state index < -0.39 is 0 Å². The van der Waals surface area contributed by atoms with Crippen LogP contribution in [0.5, 0.6) is 0 Å². The number of rotatable bonds is 4. The Morgan fingerprint density at radius 2 is 1.81 bits per heavy atom. The Bertz CT molecular complexity index is 309. The van der Waals surface area contributed by atoms with Gasteiger partial charge in [-0.05, 0) is 17.3 Å². The molecule has 3 N–H and O–H groups in total. The van der Waals surface area contributed by atoms with Gasteiger partial charge in [0.25, 0.3) is 0 Å². The van der Waals surface area contributed by atoms with Crippen molar-refractivity contribution in [1.82, 2.24) is 5.32 Å². The summed E-state index contributed by atoms with van der Waals surface area (Å²) in [6.07, 6.45) is 0.745. The fraction of sp³-hybridized carbons (Fsp3) is 0.833. The Labute approximate surface area is 103 Å². The van der Waals surface area contributed by atoms with Gasteiger partial charge in [-0.2, -0.15) is 0 Å². The maximum Gasteiger partial charge on any atom is 0.224 e. The number of thiocarbonyl (C=S) groups is 1. The highest BCUT2D eigenvalue weighted by molar-refractivity contribution is 7.80. The zero-order valence-corrected chi connectivity index (χ0v) is 11.6. The second kappa shape index (κ2) is 3.99. The van der Waals surface area contributed by atoms with Crippen LogP contribution in [0.15, 0.2) is 0 Å². The summed E-state index contributed by atoms with van der Waals surface area (Å²) in [5.74, 6) is 0.137. The van der Waals surface area contributed by atoms with Crippen molar-refractivity contribution >= 4 is 23.1 Å². The molecule has 1 saturated carbocycles. The Balaban J connectivity index is 2.66. The van der Waals surface area contributed by atoms with E-state index in [1.165, 1.54) is 0 Å². The summed E-state index contributed by atoms with van der Waals surface area (Å²) in [5.41, 5.74) is 5.69. The number of nitrogens with one attached hydrogen (secondary N) is 1. The van der Waals surface area contributed by atoms with E-state index in [0.29, 0.717) is 4.99 Å². The lowest BCUT2D eigenvalue weighted by Gasteiger charge is -2.16. The quantitative estimate of drug-likeness (QED) is 0.740. The van der Waals surface area contributed by atoms with Gasteiger partial charge in [-0.1, -0.05) is 46.8 Å². The highest BCUT2D eigenvalue weighted by Gasteiger charge is 2.68. The first-order valence-corrected chi connectivity index (χ1v) is 6.16. The van der Waals surface area contributed by atoms with Crippen LogP contribution in [0.25, 0.3) is 0 Å². The molecule has 1 atom stereocenters. The minimum atomic E-state index is -0.172. The molecule has 1 aliphatic carbocycles. The minimum Gasteiger partial charge on any atom is -0.392 e. The van der Waals surface area contributed by atoms with Crippen molar-refractivity contribution in [2.75, 3.05) is 0 Å². The molecule has 16 heavy (non-hydrogen) atoms. The van der Waals surface area contributed by atoms with Gasteiger partial charge in [-0.3, -0.25) is 4.79 Å². The molecule has 0 spiro atoms. The number of carbonyl (C=O) groups excluding carboxylic acids is 1. The molecule has 0 aromatic carbocycles. The smallest absolute Gasteiger partial charge is 0.224 e. The van der Waals surface area contributed by atoms with Gasteiger partial charge in [0.05, 0.1) is 11.0 Å². The molecular weight excluding hydrogens is 220 g/mol. The Morgan fingerprint density at radius 3 is 2.06 bits per heavy atom. The van der Waals surface area contributed by atoms with E-state index in [1.54, 1.807) is 0 Å². The van der Waals surface area contributed by atoms with Crippen molar-refractivity contribution in [2.45, 2.75) is 47.1 Å². The molecule has 4 heteroatoms. The second-order valence-electron chi connectivity index (χ2n) is 5.75. The topological polar surface area (TPSA) is 55.1 Å². The average molecular weight is 242 g/mol. The van der Waals surface area contributed by atoms with E-state index in [-0.39, 0.29) is 28.7 Å². The third-order valence-corrected chi connectivity index (χ3v) is 4.64. The molecule has 1 amide bonds. The van der Waals surface area contributed by atoms with E-state index in [2.05, 4.69) is 33.0 Å². The number of hydrogen-bond acceptors (Lipinski definition) is 2. The first kappa shape index (κ1) is 13.4. The molecule has 0 aromatic rings. The van der Waals surface area contributed by atoms with Crippen molar-refractivity contribution in [3.63, 3.8) is 0 Å². The standard InChI is InChI=1S/C12H22N2OS/c1-6-7(9(13)16)14-10(15)8-11(2,3)12(8,4)5/h7-8H,6H2,1-5H3,(H2,13,16)(H,14,15). The lowest BCUT2D eigenvalue weighted by atomic mass is 10.0. The molecule has 0 aliphatic heterocycles. The fourth-order valence-corrected chi connectivity index (χ4v) is 2.71. The summed E-state index contributed by atoms with van der Waals surface area (Å²) < 4.78 is 0. The highest BCUT2D eigenvalue weighted by Crippen LogP contribution is 2.68. The first-order valence-electron chi connectivity index (χ1n) is 5.76. The van der Waals surface area contributed by atoms with Gasteiger partial charge in [0.15, 0.2) is 0 Å². The molecule has 3 nitrogen and oxygen atoms in total. The number of amides is 1. The number of nitrogens with two attached hydrogens (primary N) is 1. The highest BCUT2D eigenvalue weighted by atomic mass is 32.1. The van der Waals surface area contributed by atoms with Gasteiger partial charge in [0.2, 0.25) is 5.91 Å². The van der Waals surface area contributed by atoms with Crippen LogP contribution >= 0.6 is 12.2 Å². The monoisotopic (exact) mass is 242 g/mol. The predicted octanol–water partition coefficient (Wildman–Crippen LogP) is 1.85. The molecule has 0 bridgehead atoms. The lowest BCUT2D eigenvalue weighted by molar-refractivity contribution is -0.123. The van der Waals surface area contributed by atoms with Gasteiger partial charge in [0, 0.05) is 5.92 Å². The Hall–Kier alpha value is -0.640. The zero-order chi connectivity index (χ0) is 12.7. The molecule has 92 valence electrons. The third kappa shape index (κ3) is 1.95. The van der Waals surface area contributed by atoms with Crippen molar-refractivity contribution in [1.29, 1.82) is 0 Å². The lowest BCUT2D eigenvalue weighted by Crippen LogP contribution is -2.44. The van der Waals surface area contributed by atoms with Gasteiger partial charge in [-0.25, -0.2) is 0 Å². The Morgan fingerprint density at radius 1 is 1.38 bits per heavy atom. The third-order valence-electron chi connectivity index (χ3n) is 4.35. The largest absolute Gasteiger partial charge is 0.392 e. The molecule has 0 saturated heterocycles. The predicted molar refractivity (Wildman–Crippen MR) is 70.1 cm³/mol. The number of carbonyl (C=O) groups is 1. The average Bonchev–Trinajstić information content (AvgIpc) is 2.52. The number of hydrogen-bond donors (Lipinski definition) is 2. The van der Waals surface area contributed by atoms with Crippen LogP contribution in [0.4, 0.5) is 0 Å². The van der Waals surface area contributed by atoms with Gasteiger partial charge in [-0.15, -0.1) is 0 Å². The molecule has 1 fully saturated rings. The van der Waals surface area contributed by atoms with E-state index in [9.17, 15) is 4.79 Å². The summed E-state index contributed by atoms with van der Waals surface area (Å²) in [5, 5.41) is 2.93. The van der Waals surface area contributed by atoms with Crippen LogP contribution < -0.4 is 11.1 Å². The second-order valence-corrected chi connectivity index (χ2v) is 6.22. The fourth-order valence-electron chi connectivity index (χ4n) is 2.48. The molecule has 0 aromatic heterocycles. The van der Waals surface area contributed by atoms with E-state index in [1.807, 2.05) is 6.92 Å². The van der Waals surface area contributed by atoms with Crippen LogP contribution in [-0.4, -0.2) is 16.9 Å². The van der Waals surface area contributed by atoms with Gasteiger partial charge < -0.3 is 11.1 Å². The molecular formula is C12H22N2OS. The maximum atomic E-state index is 12.1. The summed E-state index contributed by atoms with van der Waals surface area (Å²) in [7, 11) is 0. The summed E-state index contributed by atoms with van der Waals surface area (Å²) >= 11 is 4.92. The first-order chi connectivity index (χ1) is 7.16. The SMILES string of the molecule is CCC(NC(=O)C1C(C)(C)C1(C)C)C(N)=S. The normalized spacial score (nSPS) is 23.6. The molecule has 1 unspecified atom stereocenters. The van der Waals surface area contributed by atoms with Crippen LogP contribution in [0.2, 0.25) is 0 Å². The van der Waals surface area contributed by atoms with Crippen LogP contribution in [-0.2, 0) is 4.79 Å².